The first-order valence-electron chi connectivity index (χ1n) is 40.2. The number of carbonyl (C=O) groups is 4. The second-order valence-electron chi connectivity index (χ2n) is 28.5. The third-order valence-electron chi connectivity index (χ3n) is 19.0. The number of ether oxygens (including phenoxy) is 5. The van der Waals surface area contributed by atoms with Gasteiger partial charge in [-0.25, -0.2) is 37.9 Å². The summed E-state index contributed by atoms with van der Waals surface area (Å²) in [5.74, 6) is -5.10. The van der Waals surface area contributed by atoms with E-state index in [0.717, 1.165) is 99.7 Å². The van der Waals surface area contributed by atoms with Crippen molar-refractivity contribution >= 4 is 52.4 Å². The molecule has 14 rings (SSSR count). The average Bonchev–Trinajstić information content (AvgIpc) is 0.436. The molecule has 10 aromatic carbocycles. The van der Waals surface area contributed by atoms with Gasteiger partial charge in [0.1, 0.15) is 13.2 Å². The van der Waals surface area contributed by atoms with E-state index in [4.69, 9.17) is 43.9 Å². The third kappa shape index (κ3) is 27.8. The molecule has 7 N–H and O–H groups in total. The molecule has 0 atom stereocenters. The summed E-state index contributed by atoms with van der Waals surface area (Å²) in [6, 6.07) is 72.7. The van der Waals surface area contributed by atoms with Crippen molar-refractivity contribution in [2.45, 2.75) is 104 Å². The molecule has 0 aliphatic rings. The van der Waals surface area contributed by atoms with Crippen molar-refractivity contribution in [2.24, 2.45) is 0 Å². The summed E-state index contributed by atoms with van der Waals surface area (Å²) in [6.07, 6.45) is 5.32. The van der Waals surface area contributed by atoms with E-state index in [2.05, 4.69) is 60.6 Å². The van der Waals surface area contributed by atoms with Crippen LogP contribution < -0.4 is 66.2 Å². The first kappa shape index (κ1) is 105. The number of esters is 3. The van der Waals surface area contributed by atoms with Gasteiger partial charge in [-0.2, -0.15) is 20.4 Å². The molecule has 0 spiro atoms. The van der Waals surface area contributed by atoms with Crippen LogP contribution in [0.1, 0.15) is 133 Å². The van der Waals surface area contributed by atoms with Crippen LogP contribution in [0, 0.1) is 55.4 Å². The van der Waals surface area contributed by atoms with Gasteiger partial charge in [-0.3, -0.25) is 19.2 Å². The zero-order valence-corrected chi connectivity index (χ0v) is 77.0. The minimum atomic E-state index is -1.49. The molecule has 0 radical (unpaired) electrons. The number of aliphatic hydroxyl groups excluding tert-OH is 1. The molecule has 0 saturated heterocycles. The van der Waals surface area contributed by atoms with E-state index in [-0.39, 0.29) is 105 Å². The van der Waals surface area contributed by atoms with Gasteiger partial charge in [0.2, 0.25) is 22.8 Å². The van der Waals surface area contributed by atoms with Gasteiger partial charge in [-0.05, 0) is 179 Å². The van der Waals surface area contributed by atoms with E-state index < -0.39 is 75.6 Å². The van der Waals surface area contributed by atoms with Crippen LogP contribution in [0.15, 0.2) is 279 Å². The summed E-state index contributed by atoms with van der Waals surface area (Å²) in [6.45, 7) is 23.5. The number of hydrogen-bond acceptors (Lipinski definition) is 23. The summed E-state index contributed by atoms with van der Waals surface area (Å²) >= 11 is 3.45. The molecule has 668 valence electrons. The molecule has 0 saturated carbocycles. The molecule has 0 aliphatic heterocycles. The predicted octanol–water partition coefficient (Wildman–Crippen LogP) is 12.8. The zero-order valence-electron chi connectivity index (χ0n) is 73.5. The van der Waals surface area contributed by atoms with Crippen LogP contribution in [0.3, 0.4) is 0 Å². The molecule has 0 fully saturated rings. The predicted molar refractivity (Wildman–Crippen MR) is 499 cm³/mol. The first-order valence-corrected chi connectivity index (χ1v) is 41.0. The van der Waals surface area contributed by atoms with Gasteiger partial charge in [0, 0.05) is 27.8 Å². The van der Waals surface area contributed by atoms with Crippen LogP contribution in [-0.4, -0.2) is 132 Å². The Labute approximate surface area is 782 Å². The smallest absolute Gasteiger partial charge is 0.870 e. The van der Waals surface area contributed by atoms with Crippen LogP contribution in [0.4, 0.5) is 0 Å². The molecule has 4 aromatic heterocycles. The van der Waals surface area contributed by atoms with Gasteiger partial charge in [0.25, 0.3) is 21.7 Å². The fourth-order valence-corrected chi connectivity index (χ4v) is 13.1. The van der Waals surface area contributed by atoms with Gasteiger partial charge in [-0.1, -0.05) is 235 Å². The summed E-state index contributed by atoms with van der Waals surface area (Å²) in [5.41, 5.74) is 14.2. The second-order valence-corrected chi connectivity index (χ2v) is 29.4. The molecular formula is C99H101BBrN8NaO20. The Kier molecular flexibility index (Phi) is 40.9. The van der Waals surface area contributed by atoms with Crippen molar-refractivity contribution < 1.29 is 108 Å². The maximum absolute atomic E-state index is 13.0. The largest absolute Gasteiger partial charge is 1.00 e. The molecule has 0 aliphatic carbocycles. The van der Waals surface area contributed by atoms with E-state index in [1.807, 2.05) is 237 Å². The molecule has 130 heavy (non-hydrogen) atoms. The molecule has 0 amide bonds. The van der Waals surface area contributed by atoms with Crippen molar-refractivity contribution in [2.75, 3.05) is 26.4 Å². The average molecular weight is 1840 g/mol. The van der Waals surface area contributed by atoms with Gasteiger partial charge >= 0.3 is 60.6 Å². The van der Waals surface area contributed by atoms with Gasteiger partial charge in [-0.15, -0.1) is 0 Å². The van der Waals surface area contributed by atoms with Crippen molar-refractivity contribution in [1.82, 2.24) is 39.1 Å². The van der Waals surface area contributed by atoms with E-state index in [9.17, 15) is 48.6 Å². The molecule has 0 bridgehead atoms. The normalized spacial score (nSPS) is 10.2. The summed E-state index contributed by atoms with van der Waals surface area (Å²) in [5, 5.41) is 70.9. The van der Waals surface area contributed by atoms with Crippen LogP contribution >= 0.6 is 15.9 Å². The maximum atomic E-state index is 13.0. The van der Waals surface area contributed by atoms with E-state index in [0.29, 0.717) is 28.2 Å². The Morgan fingerprint density at radius 2 is 0.662 bits per heavy atom. The number of carbonyl (C=O) groups excluding carboxylic acids is 3. The van der Waals surface area contributed by atoms with Crippen LogP contribution in [-0.2, 0) is 27.4 Å². The van der Waals surface area contributed by atoms with Gasteiger partial charge < -0.3 is 59.6 Å². The number of halogens is 1. The number of aromatic hydroxyl groups is 2. The number of hydrogen-bond donors (Lipinski definition) is 6. The number of aryl methyl sites for hydroxylation is 8. The van der Waals surface area contributed by atoms with Crippen LogP contribution in [0.2, 0.25) is 0 Å². The number of para-hydroxylation sites is 4. The van der Waals surface area contributed by atoms with E-state index in [1.165, 1.54) is 37.3 Å². The summed E-state index contributed by atoms with van der Waals surface area (Å²) in [4.78, 5) is 97.6. The maximum Gasteiger partial charge on any atom is 1.00 e. The number of aliphatic hydroxyl groups is 1. The standard InChI is InChI=1S/C28H26N2O4.C21H20N2O4.C20H17BrN2O4.C19H16N2O4.C8H11BO2.C2H6O.CH4.Na.H2O/c1-4-33-28(32)26-27(31)25(34-18-21-10-6-5-7-11-21)17-30(29-26)24-13-9-8-12-22(24)23-16-19(2)14-15-20(23)3;1-4-27-21(26)19-20(25)18(24)12-23(22-19)17-8-6-5-7-15(17)16-11-13(2)9-10-14(16)3;1-2-26-20(25)18-19(24)17(27-13-14-8-4-3-5-9-14)12-23(22-18)16-11-7-6-10-15(16)21;1-11-7-8-12(2)14(9-11)13-5-3-4-6-15(13)21-10-16(22)18(23)17(20-21)19(24)25;1-6-3-4-7(2)8(5-6)9(10)11;1-2-3;;;/h5-17H,4,18H2,1-3H3;5-12,24H,4H2,1-3H3;3-12H,2,13H2,1H3;3-10,22H,1-2H3,(H,24,25);3-5,10-11H,1-2H3;3H,2H2,1H3;1H4;;1H2/q;;;;;;;+1;/p-1. The number of nitrogens with zero attached hydrogens (tertiary/aromatic N) is 8. The summed E-state index contributed by atoms with van der Waals surface area (Å²) < 4.78 is 32.8. The monoisotopic (exact) mass is 1830 g/mol. The Morgan fingerprint density at radius 1 is 0.377 bits per heavy atom. The second kappa shape index (κ2) is 50.7. The number of rotatable bonds is 21. The van der Waals surface area contributed by atoms with Gasteiger partial charge in [0.15, 0.2) is 23.0 Å². The minimum Gasteiger partial charge on any atom is -0.870 e. The Balaban J connectivity index is 0.000000253. The van der Waals surface area contributed by atoms with Crippen molar-refractivity contribution in [1.29, 1.82) is 0 Å². The molecular weight excluding hydrogens is 1730 g/mol. The van der Waals surface area contributed by atoms with Crippen molar-refractivity contribution in [3.8, 4) is 79.1 Å². The zero-order chi connectivity index (χ0) is 92.1. The SMILES string of the molecule is C.CCO.CCOC(=O)c1nn(-c2ccccc2-c2cc(C)ccc2C)cc(O)c1=O.CCOC(=O)c1nn(-c2ccccc2-c2cc(C)ccc2C)cc(OCc2ccccc2)c1=O.CCOC(=O)c1nn(-c2ccccc2Br)cc(OCc2ccccc2)c1=O.Cc1ccc(C)c(-c2ccccc2-n2cc(O)c(=O)c(C(=O)O)n2)c1.Cc1ccc(C)c(B(O)O)c1.[Na+].[OH-]. The van der Waals surface area contributed by atoms with Crippen molar-refractivity contribution in [3.63, 3.8) is 0 Å². The number of aromatic carboxylic acids is 1. The molecule has 28 nitrogen and oxygen atoms in total. The van der Waals surface area contributed by atoms with Crippen LogP contribution in [0.25, 0.3) is 56.1 Å². The first-order chi connectivity index (χ1) is 60.9. The topological polar surface area (TPSA) is 405 Å². The Morgan fingerprint density at radius 3 is 0.992 bits per heavy atom. The number of carboxylic acid groups (broad SMARTS) is 1. The molecule has 0 unspecified atom stereocenters. The molecule has 31 heteroatoms. The number of benzene rings is 10. The number of aromatic nitrogens is 8. The van der Waals surface area contributed by atoms with E-state index >= 15 is 0 Å². The Hall–Kier alpha value is -13.8. The number of carboxylic acids is 1. The minimum absolute atomic E-state index is 0. The summed E-state index contributed by atoms with van der Waals surface area (Å²) in [7, 11) is -1.35. The Bertz CT molecular complexity index is 6510. The van der Waals surface area contributed by atoms with E-state index in [1.54, 1.807) is 52.0 Å². The fraction of sp³-hybridized carbons (Fsp3) is 0.192. The van der Waals surface area contributed by atoms with Crippen LogP contribution in [0.5, 0.6) is 23.0 Å². The molecule has 14 aromatic rings. The van der Waals surface area contributed by atoms with Crippen molar-refractivity contribution in [3.05, 3.63) is 379 Å². The quantitative estimate of drug-likeness (QED) is 0.0221. The molecule has 4 heterocycles. The van der Waals surface area contributed by atoms with Gasteiger partial charge in [0.05, 0.1) is 67.4 Å². The third-order valence-corrected chi connectivity index (χ3v) is 19.6. The fourth-order valence-electron chi connectivity index (χ4n) is 12.7.